The summed E-state index contributed by atoms with van der Waals surface area (Å²) in [6.07, 6.45) is 1.46. The number of aryl methyl sites for hydroxylation is 2. The topological polar surface area (TPSA) is 58.6 Å². The van der Waals surface area contributed by atoms with Gasteiger partial charge in [-0.05, 0) is 68.7 Å². The van der Waals surface area contributed by atoms with Gasteiger partial charge in [0, 0.05) is 29.9 Å². The molecular formula is C21H24N2O3. The molecule has 0 bridgehead atoms. The van der Waals surface area contributed by atoms with Crippen LogP contribution in [0, 0.1) is 13.8 Å². The van der Waals surface area contributed by atoms with Gasteiger partial charge in [-0.15, -0.1) is 0 Å². The number of nitrogens with one attached hydrogen (secondary N) is 1. The van der Waals surface area contributed by atoms with E-state index in [2.05, 4.69) is 5.32 Å². The fourth-order valence-corrected chi connectivity index (χ4v) is 3.19. The summed E-state index contributed by atoms with van der Waals surface area (Å²) >= 11 is 0. The van der Waals surface area contributed by atoms with Crippen molar-refractivity contribution < 1.29 is 14.3 Å². The smallest absolute Gasteiger partial charge is 0.255 e. The van der Waals surface area contributed by atoms with Crippen LogP contribution in [-0.2, 0) is 4.79 Å². The highest BCUT2D eigenvalue weighted by Gasteiger charge is 2.23. The molecule has 0 saturated carbocycles. The number of anilines is 2. The Balaban J connectivity index is 1.79. The average molecular weight is 352 g/mol. The molecule has 2 aromatic rings. The number of hydrogen-bond acceptors (Lipinski definition) is 3. The Morgan fingerprint density at radius 1 is 1.15 bits per heavy atom. The van der Waals surface area contributed by atoms with Crippen molar-refractivity contribution in [2.24, 2.45) is 0 Å². The Bertz CT molecular complexity index is 845. The third kappa shape index (κ3) is 3.72. The summed E-state index contributed by atoms with van der Waals surface area (Å²) in [4.78, 5) is 26.4. The van der Waals surface area contributed by atoms with Crippen molar-refractivity contribution in [3.63, 3.8) is 0 Å². The van der Waals surface area contributed by atoms with Crippen molar-refractivity contribution >= 4 is 23.2 Å². The van der Waals surface area contributed by atoms with Crippen LogP contribution in [0.5, 0.6) is 5.75 Å². The summed E-state index contributed by atoms with van der Waals surface area (Å²) in [5, 5.41) is 2.93. The van der Waals surface area contributed by atoms with Crippen molar-refractivity contribution in [1.29, 1.82) is 0 Å². The molecule has 0 aliphatic carbocycles. The molecule has 1 saturated heterocycles. The van der Waals surface area contributed by atoms with E-state index in [1.54, 1.807) is 11.0 Å². The predicted molar refractivity (Wildman–Crippen MR) is 103 cm³/mol. The second kappa shape index (κ2) is 7.60. The van der Waals surface area contributed by atoms with Crippen molar-refractivity contribution in [3.05, 3.63) is 53.1 Å². The van der Waals surface area contributed by atoms with Gasteiger partial charge < -0.3 is 15.0 Å². The van der Waals surface area contributed by atoms with Crippen LogP contribution in [0.2, 0.25) is 0 Å². The van der Waals surface area contributed by atoms with Gasteiger partial charge in [0.1, 0.15) is 5.75 Å². The van der Waals surface area contributed by atoms with Crippen molar-refractivity contribution in [1.82, 2.24) is 0 Å². The van der Waals surface area contributed by atoms with Crippen LogP contribution in [0.4, 0.5) is 11.4 Å². The van der Waals surface area contributed by atoms with Crippen molar-refractivity contribution in [2.75, 3.05) is 23.4 Å². The molecule has 1 fully saturated rings. The van der Waals surface area contributed by atoms with Gasteiger partial charge in [-0.2, -0.15) is 0 Å². The number of benzene rings is 2. The summed E-state index contributed by atoms with van der Waals surface area (Å²) in [6, 6.07) is 11.1. The van der Waals surface area contributed by atoms with E-state index in [1.165, 1.54) is 0 Å². The fraction of sp³-hybridized carbons (Fsp3) is 0.333. The molecule has 1 heterocycles. The number of nitrogens with zero attached hydrogens (tertiary/aromatic N) is 1. The maximum Gasteiger partial charge on any atom is 0.255 e. The lowest BCUT2D eigenvalue weighted by Gasteiger charge is -2.19. The molecule has 0 spiro atoms. The number of rotatable bonds is 5. The Labute approximate surface area is 154 Å². The normalized spacial score (nSPS) is 13.8. The molecule has 5 nitrogen and oxygen atoms in total. The molecule has 1 N–H and O–H groups in total. The quantitative estimate of drug-likeness (QED) is 0.882. The minimum atomic E-state index is -0.182. The molecule has 1 aliphatic heterocycles. The monoisotopic (exact) mass is 352 g/mol. The molecule has 0 unspecified atom stereocenters. The summed E-state index contributed by atoms with van der Waals surface area (Å²) < 4.78 is 5.52. The van der Waals surface area contributed by atoms with Crippen LogP contribution in [0.3, 0.4) is 0 Å². The molecule has 2 amide bonds. The molecule has 1 aliphatic rings. The third-order valence-corrected chi connectivity index (χ3v) is 4.57. The van der Waals surface area contributed by atoms with Gasteiger partial charge in [-0.3, -0.25) is 9.59 Å². The van der Waals surface area contributed by atoms with E-state index in [4.69, 9.17) is 4.74 Å². The molecule has 26 heavy (non-hydrogen) atoms. The van der Waals surface area contributed by atoms with E-state index >= 15 is 0 Å². The van der Waals surface area contributed by atoms with Gasteiger partial charge in [-0.1, -0.05) is 6.07 Å². The van der Waals surface area contributed by atoms with Gasteiger partial charge in [0.25, 0.3) is 5.91 Å². The number of hydrogen-bond donors (Lipinski definition) is 1. The van der Waals surface area contributed by atoms with Crippen LogP contribution in [0.15, 0.2) is 36.4 Å². The first-order valence-electron chi connectivity index (χ1n) is 8.95. The van der Waals surface area contributed by atoms with Crippen LogP contribution in [-0.4, -0.2) is 25.0 Å². The summed E-state index contributed by atoms with van der Waals surface area (Å²) in [7, 11) is 0. The van der Waals surface area contributed by atoms with Gasteiger partial charge in [-0.25, -0.2) is 0 Å². The Hall–Kier alpha value is -2.82. The van der Waals surface area contributed by atoms with E-state index in [0.29, 0.717) is 24.3 Å². The van der Waals surface area contributed by atoms with Crippen LogP contribution >= 0.6 is 0 Å². The minimum Gasteiger partial charge on any atom is -0.494 e. The molecule has 0 aromatic heterocycles. The highest BCUT2D eigenvalue weighted by Crippen LogP contribution is 2.28. The number of carbonyl (C=O) groups excluding carboxylic acids is 2. The zero-order chi connectivity index (χ0) is 18.7. The second-order valence-corrected chi connectivity index (χ2v) is 6.52. The SMILES string of the molecule is CCOc1ccc(C(=O)Nc2ccc(C)c(N3CCCC3=O)c2)cc1C. The van der Waals surface area contributed by atoms with Crippen molar-refractivity contribution in [3.8, 4) is 5.75 Å². The Morgan fingerprint density at radius 3 is 2.62 bits per heavy atom. The molecule has 0 radical (unpaired) electrons. The number of amides is 2. The highest BCUT2D eigenvalue weighted by atomic mass is 16.5. The molecule has 136 valence electrons. The van der Waals surface area contributed by atoms with Gasteiger partial charge in [0.15, 0.2) is 0 Å². The lowest BCUT2D eigenvalue weighted by Crippen LogP contribution is -2.24. The van der Waals surface area contributed by atoms with E-state index in [1.807, 2.05) is 51.1 Å². The molecular weight excluding hydrogens is 328 g/mol. The van der Waals surface area contributed by atoms with Crippen LogP contribution < -0.4 is 15.0 Å². The standard InChI is InChI=1S/C21H24N2O3/c1-4-26-19-10-8-16(12-15(19)3)21(25)22-17-9-7-14(2)18(13-17)23-11-5-6-20(23)24/h7-10,12-13H,4-6,11H2,1-3H3,(H,22,25). The van der Waals surface area contributed by atoms with Gasteiger partial charge in [0.2, 0.25) is 5.91 Å². The zero-order valence-corrected chi connectivity index (χ0v) is 15.5. The lowest BCUT2D eigenvalue weighted by atomic mass is 10.1. The predicted octanol–water partition coefficient (Wildman–Crippen LogP) is 4.08. The Morgan fingerprint density at radius 2 is 1.96 bits per heavy atom. The van der Waals surface area contributed by atoms with E-state index in [0.717, 1.165) is 35.5 Å². The highest BCUT2D eigenvalue weighted by molar-refractivity contribution is 6.05. The van der Waals surface area contributed by atoms with Crippen molar-refractivity contribution in [2.45, 2.75) is 33.6 Å². The minimum absolute atomic E-state index is 0.138. The molecule has 2 aromatic carbocycles. The average Bonchev–Trinajstić information content (AvgIpc) is 3.04. The zero-order valence-electron chi connectivity index (χ0n) is 15.5. The Kier molecular flexibility index (Phi) is 5.26. The fourth-order valence-electron chi connectivity index (χ4n) is 3.19. The first-order chi connectivity index (χ1) is 12.5. The summed E-state index contributed by atoms with van der Waals surface area (Å²) in [6.45, 7) is 7.15. The maximum absolute atomic E-state index is 12.6. The molecule has 3 rings (SSSR count). The molecule has 0 atom stereocenters. The van der Waals surface area contributed by atoms with Crippen LogP contribution in [0.25, 0.3) is 0 Å². The van der Waals surface area contributed by atoms with Gasteiger partial charge >= 0.3 is 0 Å². The number of ether oxygens (including phenoxy) is 1. The summed E-state index contributed by atoms with van der Waals surface area (Å²) in [5.41, 5.74) is 4.07. The summed E-state index contributed by atoms with van der Waals surface area (Å²) in [5.74, 6) is 0.742. The maximum atomic E-state index is 12.6. The third-order valence-electron chi connectivity index (χ3n) is 4.57. The molecule has 5 heteroatoms. The van der Waals surface area contributed by atoms with E-state index in [-0.39, 0.29) is 11.8 Å². The first kappa shape index (κ1) is 18.0. The number of carbonyl (C=O) groups is 2. The largest absolute Gasteiger partial charge is 0.494 e. The van der Waals surface area contributed by atoms with E-state index < -0.39 is 0 Å². The van der Waals surface area contributed by atoms with Crippen LogP contribution in [0.1, 0.15) is 41.3 Å². The second-order valence-electron chi connectivity index (χ2n) is 6.52. The van der Waals surface area contributed by atoms with E-state index in [9.17, 15) is 9.59 Å². The lowest BCUT2D eigenvalue weighted by molar-refractivity contribution is -0.117. The van der Waals surface area contributed by atoms with Gasteiger partial charge in [0.05, 0.1) is 6.61 Å². The first-order valence-corrected chi connectivity index (χ1v) is 8.95.